The van der Waals surface area contributed by atoms with Gasteiger partial charge in [0.15, 0.2) is 0 Å². The second-order valence-corrected chi connectivity index (χ2v) is 4.82. The molecule has 2 aromatic carbocycles. The smallest absolute Gasteiger partial charge is 0.123 e. The molecule has 0 aliphatic carbocycles. The molecule has 0 spiro atoms. The van der Waals surface area contributed by atoms with Gasteiger partial charge in [0, 0.05) is 0 Å². The topological polar surface area (TPSA) is 20.2 Å². The number of rotatable bonds is 2. The molecule has 0 saturated carbocycles. The molecule has 0 heterocycles. The molecule has 2 rings (SSSR count). The van der Waals surface area contributed by atoms with Crippen molar-refractivity contribution < 1.29 is 9.50 Å². The van der Waals surface area contributed by atoms with Gasteiger partial charge in [-0.1, -0.05) is 35.4 Å². The molecule has 0 aliphatic rings. The van der Waals surface area contributed by atoms with E-state index < -0.39 is 6.10 Å². The summed E-state index contributed by atoms with van der Waals surface area (Å²) in [4.78, 5) is 0. The highest BCUT2D eigenvalue weighted by Crippen LogP contribution is 2.26. The van der Waals surface area contributed by atoms with Crippen LogP contribution in [0.3, 0.4) is 0 Å². The maximum atomic E-state index is 13.1. The minimum atomic E-state index is -0.704. The Morgan fingerprint density at radius 2 is 1.56 bits per heavy atom. The van der Waals surface area contributed by atoms with Crippen LogP contribution in [0.25, 0.3) is 0 Å². The van der Waals surface area contributed by atoms with Gasteiger partial charge in [-0.05, 0) is 49.6 Å². The summed E-state index contributed by atoms with van der Waals surface area (Å²) in [5.41, 5.74) is 4.60. The molecule has 1 N–H and O–H groups in total. The summed E-state index contributed by atoms with van der Waals surface area (Å²) in [5.74, 6) is -0.274. The molecule has 0 fully saturated rings. The molecular weight excluding hydrogens is 227 g/mol. The fourth-order valence-electron chi connectivity index (χ4n) is 2.29. The lowest BCUT2D eigenvalue weighted by molar-refractivity contribution is 0.219. The van der Waals surface area contributed by atoms with E-state index in [4.69, 9.17) is 0 Å². The van der Waals surface area contributed by atoms with Crippen molar-refractivity contribution in [1.82, 2.24) is 0 Å². The van der Waals surface area contributed by atoms with Crippen LogP contribution >= 0.6 is 0 Å². The van der Waals surface area contributed by atoms with E-state index in [0.29, 0.717) is 0 Å². The average molecular weight is 244 g/mol. The van der Waals surface area contributed by atoms with Gasteiger partial charge in [0.1, 0.15) is 11.9 Å². The van der Waals surface area contributed by atoms with Gasteiger partial charge >= 0.3 is 0 Å². The fraction of sp³-hybridized carbons (Fsp3) is 0.250. The Kier molecular flexibility index (Phi) is 3.48. The molecule has 94 valence electrons. The number of benzene rings is 2. The standard InChI is InChI=1S/C16H17FO/c1-10-6-11(2)8-13(7-10)16(18)15-5-4-14(17)9-12(15)3/h4-9,16,18H,1-3H3. The number of aryl methyl sites for hydroxylation is 3. The van der Waals surface area contributed by atoms with E-state index in [1.807, 2.05) is 32.9 Å². The number of hydrogen-bond donors (Lipinski definition) is 1. The molecule has 0 aromatic heterocycles. The summed E-state index contributed by atoms with van der Waals surface area (Å²) in [7, 11) is 0. The van der Waals surface area contributed by atoms with E-state index in [1.165, 1.54) is 12.1 Å². The Balaban J connectivity index is 2.44. The second-order valence-electron chi connectivity index (χ2n) is 4.82. The van der Waals surface area contributed by atoms with Crippen molar-refractivity contribution >= 4 is 0 Å². The maximum absolute atomic E-state index is 13.1. The van der Waals surface area contributed by atoms with E-state index in [-0.39, 0.29) is 5.82 Å². The lowest BCUT2D eigenvalue weighted by Gasteiger charge is -2.15. The summed E-state index contributed by atoms with van der Waals surface area (Å²) >= 11 is 0. The Bertz CT molecular complexity index is 555. The van der Waals surface area contributed by atoms with E-state index in [1.54, 1.807) is 6.07 Å². The zero-order valence-electron chi connectivity index (χ0n) is 10.9. The Morgan fingerprint density at radius 1 is 0.944 bits per heavy atom. The van der Waals surface area contributed by atoms with Crippen LogP contribution in [0.5, 0.6) is 0 Å². The number of aliphatic hydroxyl groups is 1. The first-order chi connectivity index (χ1) is 8.47. The van der Waals surface area contributed by atoms with Crippen LogP contribution in [0.1, 0.15) is 33.9 Å². The van der Waals surface area contributed by atoms with E-state index in [2.05, 4.69) is 6.07 Å². The highest BCUT2D eigenvalue weighted by atomic mass is 19.1. The van der Waals surface area contributed by atoms with Crippen LogP contribution in [-0.4, -0.2) is 5.11 Å². The van der Waals surface area contributed by atoms with E-state index >= 15 is 0 Å². The monoisotopic (exact) mass is 244 g/mol. The van der Waals surface area contributed by atoms with Crippen LogP contribution < -0.4 is 0 Å². The van der Waals surface area contributed by atoms with Crippen molar-refractivity contribution in [3.63, 3.8) is 0 Å². The summed E-state index contributed by atoms with van der Waals surface area (Å²) in [6, 6.07) is 10.5. The average Bonchev–Trinajstić information content (AvgIpc) is 2.26. The summed E-state index contributed by atoms with van der Waals surface area (Å²) in [6.07, 6.45) is -0.704. The van der Waals surface area contributed by atoms with Crippen molar-refractivity contribution in [3.8, 4) is 0 Å². The molecular formula is C16H17FO. The van der Waals surface area contributed by atoms with Crippen LogP contribution in [0.4, 0.5) is 4.39 Å². The molecule has 2 aromatic rings. The predicted octanol–water partition coefficient (Wildman–Crippen LogP) is 3.83. The van der Waals surface area contributed by atoms with Crippen LogP contribution in [0.15, 0.2) is 36.4 Å². The molecule has 1 unspecified atom stereocenters. The molecule has 0 amide bonds. The van der Waals surface area contributed by atoms with Gasteiger partial charge in [-0.15, -0.1) is 0 Å². The van der Waals surface area contributed by atoms with Gasteiger partial charge < -0.3 is 5.11 Å². The summed E-state index contributed by atoms with van der Waals surface area (Å²) in [5, 5.41) is 10.4. The number of aliphatic hydroxyl groups excluding tert-OH is 1. The molecule has 18 heavy (non-hydrogen) atoms. The van der Waals surface area contributed by atoms with Gasteiger partial charge in [0.2, 0.25) is 0 Å². The Labute approximate surface area is 107 Å². The van der Waals surface area contributed by atoms with Crippen molar-refractivity contribution in [1.29, 1.82) is 0 Å². The molecule has 2 heteroatoms. The van der Waals surface area contributed by atoms with E-state index in [0.717, 1.165) is 27.8 Å². The zero-order valence-corrected chi connectivity index (χ0v) is 10.9. The molecule has 0 radical (unpaired) electrons. The third kappa shape index (κ3) is 2.59. The largest absolute Gasteiger partial charge is 0.384 e. The molecule has 0 saturated heterocycles. The SMILES string of the molecule is Cc1cc(C)cc(C(O)c2ccc(F)cc2C)c1. The fourth-order valence-corrected chi connectivity index (χ4v) is 2.29. The first kappa shape index (κ1) is 12.8. The molecule has 1 atom stereocenters. The van der Waals surface area contributed by atoms with Crippen molar-refractivity contribution in [3.05, 3.63) is 70.0 Å². The normalized spacial score (nSPS) is 12.5. The molecule has 0 aliphatic heterocycles. The van der Waals surface area contributed by atoms with Gasteiger partial charge in [0.25, 0.3) is 0 Å². The molecule has 1 nitrogen and oxygen atoms in total. The van der Waals surface area contributed by atoms with Crippen molar-refractivity contribution in [2.24, 2.45) is 0 Å². The number of hydrogen-bond acceptors (Lipinski definition) is 1. The third-order valence-electron chi connectivity index (χ3n) is 3.09. The van der Waals surface area contributed by atoms with Crippen LogP contribution in [0.2, 0.25) is 0 Å². The lowest BCUT2D eigenvalue weighted by atomic mass is 9.95. The quantitative estimate of drug-likeness (QED) is 0.851. The summed E-state index contributed by atoms with van der Waals surface area (Å²) in [6.45, 7) is 5.81. The van der Waals surface area contributed by atoms with Gasteiger partial charge in [-0.3, -0.25) is 0 Å². The Morgan fingerprint density at radius 3 is 2.11 bits per heavy atom. The van der Waals surface area contributed by atoms with Gasteiger partial charge in [0.05, 0.1) is 0 Å². The zero-order chi connectivity index (χ0) is 13.3. The van der Waals surface area contributed by atoms with Crippen molar-refractivity contribution in [2.75, 3.05) is 0 Å². The lowest BCUT2D eigenvalue weighted by Crippen LogP contribution is -2.03. The Hall–Kier alpha value is -1.67. The van der Waals surface area contributed by atoms with Crippen LogP contribution in [-0.2, 0) is 0 Å². The highest BCUT2D eigenvalue weighted by Gasteiger charge is 2.13. The highest BCUT2D eigenvalue weighted by molar-refractivity contribution is 5.38. The summed E-state index contributed by atoms with van der Waals surface area (Å²) < 4.78 is 13.1. The van der Waals surface area contributed by atoms with Crippen molar-refractivity contribution in [2.45, 2.75) is 26.9 Å². The first-order valence-corrected chi connectivity index (χ1v) is 5.99. The number of halogens is 1. The van der Waals surface area contributed by atoms with Gasteiger partial charge in [-0.25, -0.2) is 4.39 Å². The van der Waals surface area contributed by atoms with Crippen LogP contribution in [0, 0.1) is 26.6 Å². The molecule has 0 bridgehead atoms. The minimum Gasteiger partial charge on any atom is -0.384 e. The first-order valence-electron chi connectivity index (χ1n) is 5.99. The minimum absolute atomic E-state index is 0.274. The van der Waals surface area contributed by atoms with E-state index in [9.17, 15) is 9.50 Å². The maximum Gasteiger partial charge on any atom is 0.123 e. The van der Waals surface area contributed by atoms with Gasteiger partial charge in [-0.2, -0.15) is 0 Å². The second kappa shape index (κ2) is 4.91. The third-order valence-corrected chi connectivity index (χ3v) is 3.09. The predicted molar refractivity (Wildman–Crippen MR) is 71.1 cm³/mol.